The van der Waals surface area contributed by atoms with Gasteiger partial charge in [0.25, 0.3) is 0 Å². The molecule has 1 aliphatic rings. The summed E-state index contributed by atoms with van der Waals surface area (Å²) in [6.07, 6.45) is 3.15. The lowest BCUT2D eigenvalue weighted by atomic mass is 9.92. The van der Waals surface area contributed by atoms with E-state index in [0.717, 1.165) is 31.1 Å². The average molecular weight is 305 g/mol. The minimum atomic E-state index is 0.598. The summed E-state index contributed by atoms with van der Waals surface area (Å²) in [5, 5.41) is 0. The molecule has 2 atom stereocenters. The topological polar surface area (TPSA) is 38.8 Å². The third-order valence-corrected chi connectivity index (χ3v) is 4.14. The van der Waals surface area contributed by atoms with Gasteiger partial charge in [0.05, 0.1) is 13.7 Å². The van der Waals surface area contributed by atoms with Crippen LogP contribution in [0.1, 0.15) is 37.0 Å². The minimum absolute atomic E-state index is 0.598. The predicted molar refractivity (Wildman–Crippen MR) is 87.9 cm³/mol. The summed E-state index contributed by atoms with van der Waals surface area (Å²) < 4.78 is 11.1. The van der Waals surface area contributed by atoms with Crippen molar-refractivity contribution in [3.05, 3.63) is 23.8 Å². The third kappa shape index (κ3) is 4.73. The molecule has 0 amide bonds. The molecule has 2 unspecified atom stereocenters. The molecule has 22 heavy (non-hydrogen) atoms. The highest BCUT2D eigenvalue weighted by Gasteiger charge is 2.21. The number of piperidine rings is 1. The van der Waals surface area contributed by atoms with Crippen molar-refractivity contribution in [2.24, 2.45) is 11.8 Å². The first-order valence-electron chi connectivity index (χ1n) is 8.10. The highest BCUT2D eigenvalue weighted by molar-refractivity contribution is 5.76. The van der Waals surface area contributed by atoms with Crippen LogP contribution in [0.3, 0.4) is 0 Å². The average Bonchev–Trinajstić information content (AvgIpc) is 2.50. The molecule has 1 fully saturated rings. The fourth-order valence-electron chi connectivity index (χ4n) is 3.32. The predicted octanol–water partition coefficient (Wildman–Crippen LogP) is 3.25. The molecule has 1 aliphatic heterocycles. The van der Waals surface area contributed by atoms with Crippen LogP contribution in [0.4, 0.5) is 0 Å². The second-order valence-corrected chi connectivity index (χ2v) is 6.44. The van der Waals surface area contributed by atoms with E-state index in [1.165, 1.54) is 19.5 Å². The summed E-state index contributed by atoms with van der Waals surface area (Å²) in [7, 11) is 1.59. The maximum absolute atomic E-state index is 10.8. The van der Waals surface area contributed by atoms with Crippen molar-refractivity contribution >= 4 is 6.29 Å². The fourth-order valence-corrected chi connectivity index (χ4v) is 3.32. The van der Waals surface area contributed by atoms with Crippen LogP contribution in [0.15, 0.2) is 18.2 Å². The van der Waals surface area contributed by atoms with Crippen LogP contribution in [-0.4, -0.2) is 44.5 Å². The van der Waals surface area contributed by atoms with Gasteiger partial charge in [0, 0.05) is 25.2 Å². The molecule has 4 nitrogen and oxygen atoms in total. The molecule has 0 spiro atoms. The molecule has 0 aromatic heterocycles. The van der Waals surface area contributed by atoms with Gasteiger partial charge in [-0.2, -0.15) is 0 Å². The van der Waals surface area contributed by atoms with Gasteiger partial charge in [0.15, 0.2) is 11.5 Å². The first kappa shape index (κ1) is 16.8. The van der Waals surface area contributed by atoms with E-state index in [2.05, 4.69) is 18.7 Å². The number of hydrogen-bond acceptors (Lipinski definition) is 4. The molecule has 0 radical (unpaired) electrons. The molecule has 1 saturated heterocycles. The molecule has 0 bridgehead atoms. The van der Waals surface area contributed by atoms with Gasteiger partial charge in [-0.25, -0.2) is 0 Å². The summed E-state index contributed by atoms with van der Waals surface area (Å²) in [4.78, 5) is 13.3. The lowest BCUT2D eigenvalue weighted by molar-refractivity contribution is 0.112. The van der Waals surface area contributed by atoms with Gasteiger partial charge < -0.3 is 14.4 Å². The van der Waals surface area contributed by atoms with Crippen LogP contribution < -0.4 is 9.47 Å². The van der Waals surface area contributed by atoms with Gasteiger partial charge in [-0.1, -0.05) is 13.8 Å². The lowest BCUT2D eigenvalue weighted by Gasteiger charge is -2.34. The molecule has 0 N–H and O–H groups in total. The Morgan fingerprint density at radius 3 is 2.59 bits per heavy atom. The summed E-state index contributed by atoms with van der Waals surface area (Å²) in [6.45, 7) is 8.79. The first-order chi connectivity index (χ1) is 10.6. The van der Waals surface area contributed by atoms with Crippen LogP contribution in [0.25, 0.3) is 0 Å². The summed E-state index contributed by atoms with van der Waals surface area (Å²) in [5.74, 6) is 2.90. The van der Waals surface area contributed by atoms with Gasteiger partial charge in [-0.15, -0.1) is 0 Å². The van der Waals surface area contributed by atoms with E-state index in [4.69, 9.17) is 9.47 Å². The molecule has 0 saturated carbocycles. The van der Waals surface area contributed by atoms with E-state index in [1.807, 2.05) is 0 Å². The van der Waals surface area contributed by atoms with Crippen LogP contribution in [0.5, 0.6) is 11.5 Å². The van der Waals surface area contributed by atoms with E-state index >= 15 is 0 Å². The van der Waals surface area contributed by atoms with E-state index in [9.17, 15) is 4.79 Å². The van der Waals surface area contributed by atoms with Crippen molar-refractivity contribution in [1.29, 1.82) is 0 Å². The zero-order chi connectivity index (χ0) is 15.9. The minimum Gasteiger partial charge on any atom is -0.493 e. The lowest BCUT2D eigenvalue weighted by Crippen LogP contribution is -2.39. The zero-order valence-corrected chi connectivity index (χ0v) is 13.9. The Morgan fingerprint density at radius 2 is 1.95 bits per heavy atom. The van der Waals surface area contributed by atoms with Crippen molar-refractivity contribution in [3.63, 3.8) is 0 Å². The maximum atomic E-state index is 10.8. The number of aldehydes is 1. The second kappa shape index (κ2) is 8.18. The maximum Gasteiger partial charge on any atom is 0.161 e. The van der Waals surface area contributed by atoms with Crippen LogP contribution in [0.2, 0.25) is 0 Å². The van der Waals surface area contributed by atoms with Crippen LogP contribution >= 0.6 is 0 Å². The van der Waals surface area contributed by atoms with Gasteiger partial charge in [-0.05, 0) is 42.9 Å². The molecular weight excluding hydrogens is 278 g/mol. The molecule has 0 aliphatic carbocycles. The zero-order valence-electron chi connectivity index (χ0n) is 13.9. The van der Waals surface area contributed by atoms with Gasteiger partial charge in [0.1, 0.15) is 6.29 Å². The SMILES string of the molecule is COc1cc(C=O)ccc1OCCCN1CC(C)CC(C)C1. The molecule has 2 rings (SSSR count). The van der Waals surface area contributed by atoms with Crippen molar-refractivity contribution in [1.82, 2.24) is 4.90 Å². The van der Waals surface area contributed by atoms with E-state index < -0.39 is 0 Å². The Balaban J connectivity index is 1.78. The Morgan fingerprint density at radius 1 is 1.23 bits per heavy atom. The summed E-state index contributed by atoms with van der Waals surface area (Å²) >= 11 is 0. The van der Waals surface area contributed by atoms with Crippen LogP contribution in [-0.2, 0) is 0 Å². The Labute approximate surface area is 133 Å². The summed E-state index contributed by atoms with van der Waals surface area (Å²) in [5.41, 5.74) is 0.598. The Bertz CT molecular complexity index is 479. The Kier molecular flexibility index (Phi) is 6.25. The number of ether oxygens (including phenoxy) is 2. The van der Waals surface area contributed by atoms with E-state index in [0.29, 0.717) is 23.7 Å². The quantitative estimate of drug-likeness (QED) is 0.572. The highest BCUT2D eigenvalue weighted by atomic mass is 16.5. The molecule has 1 aromatic carbocycles. The second-order valence-electron chi connectivity index (χ2n) is 6.44. The standard InChI is InChI=1S/C18H27NO3/c1-14-9-15(2)12-19(11-14)7-4-8-22-17-6-5-16(13-20)10-18(17)21-3/h5-6,10,13-15H,4,7-9,11-12H2,1-3H3. The molecule has 4 heteroatoms. The van der Waals surface area contributed by atoms with Crippen molar-refractivity contribution < 1.29 is 14.3 Å². The highest BCUT2D eigenvalue weighted by Crippen LogP contribution is 2.27. The largest absolute Gasteiger partial charge is 0.493 e. The van der Waals surface area contributed by atoms with Gasteiger partial charge in [-0.3, -0.25) is 4.79 Å². The van der Waals surface area contributed by atoms with E-state index in [1.54, 1.807) is 25.3 Å². The number of carbonyl (C=O) groups excluding carboxylic acids is 1. The monoisotopic (exact) mass is 305 g/mol. The van der Waals surface area contributed by atoms with E-state index in [-0.39, 0.29) is 0 Å². The van der Waals surface area contributed by atoms with Crippen LogP contribution in [0, 0.1) is 11.8 Å². The molecule has 1 heterocycles. The Hall–Kier alpha value is -1.55. The summed E-state index contributed by atoms with van der Waals surface area (Å²) in [6, 6.07) is 5.25. The first-order valence-corrected chi connectivity index (χ1v) is 8.10. The number of methoxy groups -OCH3 is 1. The third-order valence-electron chi connectivity index (χ3n) is 4.14. The number of hydrogen-bond donors (Lipinski definition) is 0. The number of rotatable bonds is 7. The number of benzene rings is 1. The number of nitrogens with zero attached hydrogens (tertiary/aromatic N) is 1. The van der Waals surface area contributed by atoms with Gasteiger partial charge in [0.2, 0.25) is 0 Å². The van der Waals surface area contributed by atoms with Crippen molar-refractivity contribution in [3.8, 4) is 11.5 Å². The molecule has 1 aromatic rings. The molecular formula is C18H27NO3. The van der Waals surface area contributed by atoms with Gasteiger partial charge >= 0.3 is 0 Å². The normalized spacial score (nSPS) is 22.3. The molecule has 122 valence electrons. The fraction of sp³-hybridized carbons (Fsp3) is 0.611. The van der Waals surface area contributed by atoms with Crippen molar-refractivity contribution in [2.45, 2.75) is 26.7 Å². The van der Waals surface area contributed by atoms with Crippen molar-refractivity contribution in [2.75, 3.05) is 33.4 Å². The number of likely N-dealkylation sites (tertiary alicyclic amines) is 1. The smallest absolute Gasteiger partial charge is 0.161 e. The number of carbonyl (C=O) groups is 1.